The van der Waals surface area contributed by atoms with Crippen molar-refractivity contribution in [2.24, 2.45) is 0 Å². The molecule has 2 aromatic carbocycles. The number of anilines is 1. The molecular weight excluding hydrogens is 238 g/mol. The second kappa shape index (κ2) is 4.81. The quantitative estimate of drug-likeness (QED) is 0.800. The van der Waals surface area contributed by atoms with Crippen molar-refractivity contribution in [2.75, 3.05) is 5.73 Å². The average Bonchev–Trinajstić information content (AvgIpc) is 2.27. The summed E-state index contributed by atoms with van der Waals surface area (Å²) in [5.41, 5.74) is 7.64. The molecule has 2 rings (SSSR count). The van der Waals surface area contributed by atoms with E-state index in [-0.39, 0.29) is 0 Å². The molecule has 0 saturated heterocycles. The van der Waals surface area contributed by atoms with Crippen LogP contribution in [-0.4, -0.2) is 0 Å². The van der Waals surface area contributed by atoms with Crippen molar-refractivity contribution in [3.63, 3.8) is 0 Å². The fraction of sp³-hybridized carbons (Fsp3) is 0.0769. The van der Waals surface area contributed by atoms with E-state index in [9.17, 15) is 0 Å². The average molecular weight is 250 g/mol. The van der Waals surface area contributed by atoms with Gasteiger partial charge in [-0.15, -0.1) is 0 Å². The SMILES string of the molecule is Cc1ccc(Sc2ccc(Cl)c(N)c2)cc1. The normalized spacial score (nSPS) is 10.4. The largest absolute Gasteiger partial charge is 0.397 e. The number of hydrogen-bond donors (Lipinski definition) is 1. The van der Waals surface area contributed by atoms with Gasteiger partial charge in [0.15, 0.2) is 0 Å². The van der Waals surface area contributed by atoms with Crippen LogP contribution in [0.1, 0.15) is 5.56 Å². The number of aryl methyl sites for hydroxylation is 1. The highest BCUT2D eigenvalue weighted by Crippen LogP contribution is 2.31. The molecule has 0 aliphatic carbocycles. The lowest BCUT2D eigenvalue weighted by Crippen LogP contribution is -1.86. The van der Waals surface area contributed by atoms with Gasteiger partial charge in [0.25, 0.3) is 0 Å². The Morgan fingerprint density at radius 1 is 1.00 bits per heavy atom. The Morgan fingerprint density at radius 2 is 1.62 bits per heavy atom. The van der Waals surface area contributed by atoms with E-state index in [0.29, 0.717) is 10.7 Å². The van der Waals surface area contributed by atoms with Crippen LogP contribution in [0.5, 0.6) is 0 Å². The van der Waals surface area contributed by atoms with Gasteiger partial charge in [-0.1, -0.05) is 41.1 Å². The van der Waals surface area contributed by atoms with Crippen LogP contribution in [0.2, 0.25) is 5.02 Å². The molecule has 0 unspecified atom stereocenters. The number of hydrogen-bond acceptors (Lipinski definition) is 2. The predicted octanol–water partition coefficient (Wildman–Crippen LogP) is 4.38. The zero-order valence-electron chi connectivity index (χ0n) is 8.91. The van der Waals surface area contributed by atoms with Gasteiger partial charge in [-0.2, -0.15) is 0 Å². The second-order valence-electron chi connectivity index (χ2n) is 3.60. The van der Waals surface area contributed by atoms with Gasteiger partial charge >= 0.3 is 0 Å². The molecule has 0 fully saturated rings. The van der Waals surface area contributed by atoms with Gasteiger partial charge in [0.05, 0.1) is 10.7 Å². The van der Waals surface area contributed by atoms with Crippen LogP contribution in [0.3, 0.4) is 0 Å². The summed E-state index contributed by atoms with van der Waals surface area (Å²) in [7, 11) is 0. The smallest absolute Gasteiger partial charge is 0.0636 e. The van der Waals surface area contributed by atoms with E-state index in [1.807, 2.05) is 18.2 Å². The van der Waals surface area contributed by atoms with Crippen molar-refractivity contribution in [1.29, 1.82) is 0 Å². The lowest BCUT2D eigenvalue weighted by atomic mass is 10.2. The topological polar surface area (TPSA) is 26.0 Å². The Balaban J connectivity index is 2.20. The summed E-state index contributed by atoms with van der Waals surface area (Å²) in [5.74, 6) is 0. The first-order valence-electron chi connectivity index (χ1n) is 4.95. The first kappa shape index (κ1) is 11.4. The molecule has 2 N–H and O–H groups in total. The number of halogens is 1. The predicted molar refractivity (Wildman–Crippen MR) is 71.2 cm³/mol. The fourth-order valence-electron chi connectivity index (χ4n) is 1.33. The van der Waals surface area contributed by atoms with Gasteiger partial charge in [-0.25, -0.2) is 0 Å². The fourth-order valence-corrected chi connectivity index (χ4v) is 2.31. The number of nitrogen functional groups attached to an aromatic ring is 1. The Bertz CT molecular complexity index is 494. The van der Waals surface area contributed by atoms with Crippen LogP contribution in [0, 0.1) is 6.92 Å². The third kappa shape index (κ3) is 2.71. The highest BCUT2D eigenvalue weighted by molar-refractivity contribution is 7.99. The maximum absolute atomic E-state index is 5.87. The van der Waals surface area contributed by atoms with Crippen molar-refractivity contribution >= 4 is 29.1 Å². The van der Waals surface area contributed by atoms with Crippen LogP contribution >= 0.6 is 23.4 Å². The molecule has 0 heterocycles. The van der Waals surface area contributed by atoms with Gasteiger partial charge in [0.2, 0.25) is 0 Å². The Labute approximate surface area is 105 Å². The summed E-state index contributed by atoms with van der Waals surface area (Å²) >= 11 is 7.55. The third-order valence-electron chi connectivity index (χ3n) is 2.22. The summed E-state index contributed by atoms with van der Waals surface area (Å²) in [6.45, 7) is 2.08. The lowest BCUT2D eigenvalue weighted by Gasteiger charge is -2.04. The van der Waals surface area contributed by atoms with Crippen LogP contribution in [0.4, 0.5) is 5.69 Å². The van der Waals surface area contributed by atoms with Crippen molar-refractivity contribution < 1.29 is 0 Å². The van der Waals surface area contributed by atoms with Crippen molar-refractivity contribution in [1.82, 2.24) is 0 Å². The Kier molecular flexibility index (Phi) is 3.42. The first-order chi connectivity index (χ1) is 7.65. The third-order valence-corrected chi connectivity index (χ3v) is 3.57. The standard InChI is InChI=1S/C13H12ClNS/c1-9-2-4-10(5-3-9)16-11-6-7-12(14)13(15)8-11/h2-8H,15H2,1H3. The van der Waals surface area contributed by atoms with E-state index in [1.165, 1.54) is 10.5 Å². The van der Waals surface area contributed by atoms with Crippen LogP contribution in [0.25, 0.3) is 0 Å². The van der Waals surface area contributed by atoms with E-state index >= 15 is 0 Å². The molecule has 3 heteroatoms. The molecular formula is C13H12ClNS. The van der Waals surface area contributed by atoms with Crippen molar-refractivity contribution in [2.45, 2.75) is 16.7 Å². The van der Waals surface area contributed by atoms with Gasteiger partial charge in [0.1, 0.15) is 0 Å². The molecule has 0 radical (unpaired) electrons. The van der Waals surface area contributed by atoms with E-state index in [4.69, 9.17) is 17.3 Å². The molecule has 0 bridgehead atoms. The molecule has 0 amide bonds. The van der Waals surface area contributed by atoms with E-state index < -0.39 is 0 Å². The summed E-state index contributed by atoms with van der Waals surface area (Å²) in [5, 5.41) is 0.605. The summed E-state index contributed by atoms with van der Waals surface area (Å²) in [4.78, 5) is 2.30. The van der Waals surface area contributed by atoms with Crippen LogP contribution in [-0.2, 0) is 0 Å². The van der Waals surface area contributed by atoms with Gasteiger partial charge in [-0.3, -0.25) is 0 Å². The molecule has 16 heavy (non-hydrogen) atoms. The minimum Gasteiger partial charge on any atom is -0.397 e. The molecule has 1 nitrogen and oxygen atoms in total. The molecule has 82 valence electrons. The molecule has 0 aliphatic heterocycles. The van der Waals surface area contributed by atoms with Crippen molar-refractivity contribution in [3.8, 4) is 0 Å². The molecule has 0 saturated carbocycles. The second-order valence-corrected chi connectivity index (χ2v) is 5.15. The Morgan fingerprint density at radius 3 is 2.25 bits per heavy atom. The maximum Gasteiger partial charge on any atom is 0.0636 e. The van der Waals surface area contributed by atoms with Crippen LogP contribution < -0.4 is 5.73 Å². The summed E-state index contributed by atoms with van der Waals surface area (Å²) in [6.07, 6.45) is 0. The molecule has 0 aromatic heterocycles. The van der Waals surface area contributed by atoms with Crippen molar-refractivity contribution in [3.05, 3.63) is 53.1 Å². The summed E-state index contributed by atoms with van der Waals surface area (Å²) in [6, 6.07) is 14.1. The van der Waals surface area contributed by atoms with E-state index in [1.54, 1.807) is 11.8 Å². The van der Waals surface area contributed by atoms with Gasteiger partial charge in [0, 0.05) is 9.79 Å². The zero-order chi connectivity index (χ0) is 11.5. The van der Waals surface area contributed by atoms with Crippen LogP contribution in [0.15, 0.2) is 52.3 Å². The number of rotatable bonds is 2. The van der Waals surface area contributed by atoms with Gasteiger partial charge < -0.3 is 5.73 Å². The zero-order valence-corrected chi connectivity index (χ0v) is 10.5. The number of nitrogens with two attached hydrogens (primary N) is 1. The Hall–Kier alpha value is -1.12. The molecule has 0 atom stereocenters. The molecule has 0 spiro atoms. The van der Waals surface area contributed by atoms with E-state index in [0.717, 1.165) is 4.90 Å². The maximum atomic E-state index is 5.87. The number of benzene rings is 2. The first-order valence-corrected chi connectivity index (χ1v) is 6.14. The lowest BCUT2D eigenvalue weighted by molar-refractivity contribution is 1.36. The van der Waals surface area contributed by atoms with E-state index in [2.05, 4.69) is 31.2 Å². The summed E-state index contributed by atoms with van der Waals surface area (Å²) < 4.78 is 0. The molecule has 2 aromatic rings. The molecule has 0 aliphatic rings. The minimum atomic E-state index is 0.605. The highest BCUT2D eigenvalue weighted by Gasteiger charge is 2.00. The highest BCUT2D eigenvalue weighted by atomic mass is 35.5. The van der Waals surface area contributed by atoms with Gasteiger partial charge in [-0.05, 0) is 37.3 Å². The monoisotopic (exact) mass is 249 g/mol. The minimum absolute atomic E-state index is 0.605.